The largest absolute Gasteiger partial charge is 0.508 e. The number of rotatable bonds is 3. The van der Waals surface area contributed by atoms with Crippen molar-refractivity contribution in [3.05, 3.63) is 65.7 Å². The van der Waals surface area contributed by atoms with Crippen molar-refractivity contribution in [3.63, 3.8) is 0 Å². The molecule has 0 atom stereocenters. The molecular weight excluding hydrogens is 222 g/mol. The lowest BCUT2D eigenvalue weighted by Gasteiger charge is -2.20. The zero-order valence-electron chi connectivity index (χ0n) is 10.7. The fraction of sp³-hybridized carbons (Fsp3) is 0.188. The van der Waals surface area contributed by atoms with Crippen molar-refractivity contribution in [2.75, 3.05) is 0 Å². The van der Waals surface area contributed by atoms with Gasteiger partial charge in [-0.15, -0.1) is 0 Å². The van der Waals surface area contributed by atoms with Gasteiger partial charge in [0.15, 0.2) is 0 Å². The van der Waals surface area contributed by atoms with Gasteiger partial charge < -0.3 is 5.11 Å². The van der Waals surface area contributed by atoms with Crippen molar-refractivity contribution >= 4 is 6.21 Å². The molecule has 0 heterocycles. The summed E-state index contributed by atoms with van der Waals surface area (Å²) in [6, 6.07) is 17.3. The number of nitrogens with zero attached hydrogens (tertiary/aromatic N) is 1. The summed E-state index contributed by atoms with van der Waals surface area (Å²) in [4.78, 5) is 4.60. The van der Waals surface area contributed by atoms with E-state index in [0.717, 1.165) is 5.56 Å². The highest BCUT2D eigenvalue weighted by molar-refractivity contribution is 5.80. The van der Waals surface area contributed by atoms with Gasteiger partial charge in [0, 0.05) is 6.21 Å². The van der Waals surface area contributed by atoms with E-state index >= 15 is 0 Å². The minimum absolute atomic E-state index is 0.261. The standard InChI is InChI=1S/C16H17NO/c1-16(2,14-8-4-3-5-9-14)17-12-13-7-6-10-15(18)11-13/h3-12,18H,1-2H3. The predicted molar refractivity (Wildman–Crippen MR) is 75.2 cm³/mol. The summed E-state index contributed by atoms with van der Waals surface area (Å²) in [6.45, 7) is 4.14. The van der Waals surface area contributed by atoms with Crippen LogP contribution in [0.2, 0.25) is 0 Å². The van der Waals surface area contributed by atoms with Gasteiger partial charge in [-0.1, -0.05) is 42.5 Å². The minimum atomic E-state index is -0.271. The smallest absolute Gasteiger partial charge is 0.116 e. The fourth-order valence-corrected chi connectivity index (χ4v) is 1.76. The van der Waals surface area contributed by atoms with E-state index in [4.69, 9.17) is 0 Å². The van der Waals surface area contributed by atoms with E-state index in [0.29, 0.717) is 0 Å². The Bertz CT molecular complexity index is 544. The second-order valence-corrected chi connectivity index (χ2v) is 4.78. The first-order valence-electron chi connectivity index (χ1n) is 5.98. The summed E-state index contributed by atoms with van der Waals surface area (Å²) >= 11 is 0. The average molecular weight is 239 g/mol. The number of hydrogen-bond acceptors (Lipinski definition) is 2. The van der Waals surface area contributed by atoms with Crippen LogP contribution in [-0.4, -0.2) is 11.3 Å². The van der Waals surface area contributed by atoms with Crippen LogP contribution in [0.15, 0.2) is 59.6 Å². The lowest BCUT2D eigenvalue weighted by molar-refractivity contribution is 0.475. The van der Waals surface area contributed by atoms with Crippen LogP contribution in [0.25, 0.3) is 0 Å². The second-order valence-electron chi connectivity index (χ2n) is 4.78. The summed E-state index contributed by atoms with van der Waals surface area (Å²) in [5, 5.41) is 9.40. The van der Waals surface area contributed by atoms with Crippen LogP contribution in [0.3, 0.4) is 0 Å². The van der Waals surface area contributed by atoms with Gasteiger partial charge in [0.2, 0.25) is 0 Å². The quantitative estimate of drug-likeness (QED) is 0.813. The molecule has 0 unspecified atom stereocenters. The zero-order valence-corrected chi connectivity index (χ0v) is 10.7. The third-order valence-corrected chi connectivity index (χ3v) is 2.89. The molecule has 0 amide bonds. The highest BCUT2D eigenvalue weighted by Crippen LogP contribution is 2.24. The monoisotopic (exact) mass is 239 g/mol. The van der Waals surface area contributed by atoms with Crippen molar-refractivity contribution in [2.45, 2.75) is 19.4 Å². The van der Waals surface area contributed by atoms with E-state index in [1.54, 1.807) is 18.3 Å². The fourth-order valence-electron chi connectivity index (χ4n) is 1.76. The summed E-state index contributed by atoms with van der Waals surface area (Å²) < 4.78 is 0. The third kappa shape index (κ3) is 2.98. The van der Waals surface area contributed by atoms with E-state index < -0.39 is 0 Å². The number of aliphatic imine (C=N–C) groups is 1. The molecule has 2 heteroatoms. The van der Waals surface area contributed by atoms with Crippen LogP contribution >= 0.6 is 0 Å². The summed E-state index contributed by atoms with van der Waals surface area (Å²) in [5.41, 5.74) is 1.80. The summed E-state index contributed by atoms with van der Waals surface area (Å²) in [5.74, 6) is 0.261. The van der Waals surface area contributed by atoms with Crippen molar-refractivity contribution in [3.8, 4) is 5.75 Å². The Morgan fingerprint density at radius 1 is 1.00 bits per heavy atom. The third-order valence-electron chi connectivity index (χ3n) is 2.89. The molecule has 0 bridgehead atoms. The van der Waals surface area contributed by atoms with Gasteiger partial charge in [-0.05, 0) is 37.1 Å². The van der Waals surface area contributed by atoms with E-state index in [9.17, 15) is 5.11 Å². The van der Waals surface area contributed by atoms with Crippen LogP contribution in [0, 0.1) is 0 Å². The zero-order chi connectivity index (χ0) is 13.0. The second kappa shape index (κ2) is 5.05. The molecule has 18 heavy (non-hydrogen) atoms. The number of aromatic hydroxyl groups is 1. The Labute approximate surface area is 108 Å². The van der Waals surface area contributed by atoms with Crippen molar-refractivity contribution in [2.24, 2.45) is 4.99 Å². The van der Waals surface area contributed by atoms with Gasteiger partial charge in [-0.25, -0.2) is 0 Å². The molecule has 2 aromatic carbocycles. The maximum atomic E-state index is 9.40. The first-order valence-corrected chi connectivity index (χ1v) is 5.98. The Hall–Kier alpha value is -2.09. The highest BCUT2D eigenvalue weighted by Gasteiger charge is 2.17. The Morgan fingerprint density at radius 2 is 1.72 bits per heavy atom. The SMILES string of the molecule is CC(C)(N=Cc1cccc(O)c1)c1ccccc1. The molecule has 0 radical (unpaired) electrons. The maximum Gasteiger partial charge on any atom is 0.116 e. The molecule has 1 N–H and O–H groups in total. The molecule has 2 nitrogen and oxygen atoms in total. The van der Waals surface area contributed by atoms with Gasteiger partial charge in [0.25, 0.3) is 0 Å². The first kappa shape index (κ1) is 12.4. The van der Waals surface area contributed by atoms with Gasteiger partial charge in [0.1, 0.15) is 5.75 Å². The van der Waals surface area contributed by atoms with Crippen LogP contribution in [0.1, 0.15) is 25.0 Å². The average Bonchev–Trinajstić information content (AvgIpc) is 2.38. The van der Waals surface area contributed by atoms with Crippen molar-refractivity contribution in [1.29, 1.82) is 0 Å². The molecule has 0 fully saturated rings. The Balaban J connectivity index is 2.23. The van der Waals surface area contributed by atoms with Crippen LogP contribution in [0.5, 0.6) is 5.75 Å². The number of hydrogen-bond donors (Lipinski definition) is 1. The highest BCUT2D eigenvalue weighted by atomic mass is 16.3. The lowest BCUT2D eigenvalue weighted by Crippen LogP contribution is -2.13. The van der Waals surface area contributed by atoms with Crippen LogP contribution in [-0.2, 0) is 5.54 Å². The van der Waals surface area contributed by atoms with Crippen LogP contribution < -0.4 is 0 Å². The van der Waals surface area contributed by atoms with E-state index in [1.165, 1.54) is 5.56 Å². The molecule has 2 aromatic rings. The van der Waals surface area contributed by atoms with Crippen molar-refractivity contribution < 1.29 is 5.11 Å². The molecule has 0 aliphatic rings. The van der Waals surface area contributed by atoms with Gasteiger partial charge in [0.05, 0.1) is 5.54 Å². The maximum absolute atomic E-state index is 9.40. The molecule has 0 aliphatic carbocycles. The minimum Gasteiger partial charge on any atom is -0.508 e. The summed E-state index contributed by atoms with van der Waals surface area (Å²) in [7, 11) is 0. The molecule has 0 aromatic heterocycles. The Kier molecular flexibility index (Phi) is 3.47. The van der Waals surface area contributed by atoms with E-state index in [-0.39, 0.29) is 11.3 Å². The number of benzene rings is 2. The molecule has 0 saturated heterocycles. The molecule has 92 valence electrons. The molecule has 0 spiro atoms. The van der Waals surface area contributed by atoms with Gasteiger partial charge >= 0.3 is 0 Å². The van der Waals surface area contributed by atoms with Gasteiger partial charge in [-0.2, -0.15) is 0 Å². The Morgan fingerprint density at radius 3 is 2.39 bits per heavy atom. The normalized spacial score (nSPS) is 11.9. The van der Waals surface area contributed by atoms with Gasteiger partial charge in [-0.3, -0.25) is 4.99 Å². The van der Waals surface area contributed by atoms with Crippen LogP contribution in [0.4, 0.5) is 0 Å². The number of phenols is 1. The molecule has 0 aliphatic heterocycles. The lowest BCUT2D eigenvalue weighted by atomic mass is 9.95. The molecule has 2 rings (SSSR count). The van der Waals surface area contributed by atoms with Crippen molar-refractivity contribution in [1.82, 2.24) is 0 Å². The van der Waals surface area contributed by atoms with E-state index in [1.807, 2.05) is 30.3 Å². The molecular formula is C16H17NO. The number of phenolic OH excluding ortho intramolecular Hbond substituents is 1. The first-order chi connectivity index (χ1) is 8.58. The predicted octanol–water partition coefficient (Wildman–Crippen LogP) is 3.75. The molecule has 0 saturated carbocycles. The topological polar surface area (TPSA) is 32.6 Å². The van der Waals surface area contributed by atoms with E-state index in [2.05, 4.69) is 31.0 Å². The summed E-state index contributed by atoms with van der Waals surface area (Å²) in [6.07, 6.45) is 1.80.